The summed E-state index contributed by atoms with van der Waals surface area (Å²) in [5.74, 6) is -1.65. The highest BCUT2D eigenvalue weighted by molar-refractivity contribution is 9.10. The molecule has 108 valence electrons. The van der Waals surface area contributed by atoms with Gasteiger partial charge in [0.25, 0.3) is 11.6 Å². The van der Waals surface area contributed by atoms with E-state index in [-0.39, 0.29) is 5.56 Å². The van der Waals surface area contributed by atoms with Gasteiger partial charge in [-0.15, -0.1) is 0 Å². The van der Waals surface area contributed by atoms with Gasteiger partial charge in [-0.3, -0.25) is 14.9 Å². The maximum absolute atomic E-state index is 13.7. The van der Waals surface area contributed by atoms with Crippen LogP contribution < -0.4 is 5.32 Å². The summed E-state index contributed by atoms with van der Waals surface area (Å²) in [6.45, 7) is 1.69. The first-order valence-electron chi connectivity index (χ1n) is 5.77. The van der Waals surface area contributed by atoms with Crippen LogP contribution in [0.2, 0.25) is 0 Å². The molecular weight excluding hydrogens is 345 g/mol. The van der Waals surface area contributed by atoms with Gasteiger partial charge in [0.15, 0.2) is 0 Å². The van der Waals surface area contributed by atoms with Crippen LogP contribution in [0.1, 0.15) is 16.1 Å². The molecule has 1 N–H and O–H groups in total. The molecule has 0 radical (unpaired) electrons. The first-order valence-corrected chi connectivity index (χ1v) is 6.56. The molecule has 0 spiro atoms. The van der Waals surface area contributed by atoms with E-state index in [1.54, 1.807) is 19.1 Å². The Balaban J connectivity index is 2.26. The van der Waals surface area contributed by atoms with Gasteiger partial charge in [0.05, 0.1) is 27.9 Å². The van der Waals surface area contributed by atoms with Crippen molar-refractivity contribution in [2.24, 2.45) is 0 Å². The van der Waals surface area contributed by atoms with E-state index in [4.69, 9.17) is 0 Å². The number of benzene rings is 1. The Morgan fingerprint density at radius 2 is 2.10 bits per heavy atom. The smallest absolute Gasteiger partial charge is 0.272 e. The maximum Gasteiger partial charge on any atom is 0.272 e. The lowest BCUT2D eigenvalue weighted by molar-refractivity contribution is -0.385. The molecule has 1 heterocycles. The third-order valence-corrected chi connectivity index (χ3v) is 3.15. The number of halogens is 2. The molecule has 1 amide bonds. The number of nitro benzene ring substituents is 1. The van der Waals surface area contributed by atoms with Crippen LogP contribution in [0.3, 0.4) is 0 Å². The van der Waals surface area contributed by atoms with E-state index in [2.05, 4.69) is 26.2 Å². The molecule has 0 saturated heterocycles. The van der Waals surface area contributed by atoms with Gasteiger partial charge >= 0.3 is 0 Å². The van der Waals surface area contributed by atoms with Gasteiger partial charge in [-0.05, 0) is 41.1 Å². The molecule has 1 aromatic heterocycles. The molecular formula is C13H9BrFN3O3. The number of carbonyl (C=O) groups excluding carboxylic acids is 1. The van der Waals surface area contributed by atoms with Crippen molar-refractivity contribution in [1.82, 2.24) is 4.98 Å². The number of hydrogen-bond donors (Lipinski definition) is 1. The van der Waals surface area contributed by atoms with Crippen LogP contribution in [0.15, 0.2) is 34.9 Å². The minimum atomic E-state index is -0.954. The molecule has 0 bridgehead atoms. The van der Waals surface area contributed by atoms with E-state index in [0.717, 1.165) is 12.1 Å². The number of non-ortho nitro benzene ring substituents is 1. The summed E-state index contributed by atoms with van der Waals surface area (Å²) in [6.07, 6.45) is 0. The zero-order valence-corrected chi connectivity index (χ0v) is 12.3. The Kier molecular flexibility index (Phi) is 4.27. The number of carbonyl (C=O) groups is 1. The third kappa shape index (κ3) is 3.40. The molecule has 0 saturated carbocycles. The molecule has 0 aliphatic carbocycles. The molecule has 0 aliphatic heterocycles. The van der Waals surface area contributed by atoms with Crippen LogP contribution in [-0.2, 0) is 0 Å². The average molecular weight is 354 g/mol. The predicted octanol–water partition coefficient (Wildman–Crippen LogP) is 3.45. The second kappa shape index (κ2) is 5.96. The summed E-state index contributed by atoms with van der Waals surface area (Å²) in [6, 6.07) is 6.11. The second-order valence-electron chi connectivity index (χ2n) is 4.14. The number of hydrogen-bond acceptors (Lipinski definition) is 4. The van der Waals surface area contributed by atoms with Crippen LogP contribution in [0.25, 0.3) is 0 Å². The number of aryl methyl sites for hydroxylation is 1. The first-order chi connectivity index (χ1) is 9.88. The Bertz CT molecular complexity index is 737. The van der Waals surface area contributed by atoms with E-state index < -0.39 is 22.3 Å². The van der Waals surface area contributed by atoms with Gasteiger partial charge in [0.1, 0.15) is 10.4 Å². The van der Waals surface area contributed by atoms with Crippen LogP contribution in [-0.4, -0.2) is 15.8 Å². The molecule has 0 atom stereocenters. The fourth-order valence-electron chi connectivity index (χ4n) is 1.65. The molecule has 8 heteroatoms. The normalized spacial score (nSPS) is 10.2. The third-order valence-electron chi connectivity index (χ3n) is 2.71. The lowest BCUT2D eigenvalue weighted by Crippen LogP contribution is -2.15. The number of nitrogens with zero attached hydrogens (tertiary/aromatic N) is 2. The van der Waals surface area contributed by atoms with E-state index >= 15 is 0 Å². The number of amides is 1. The summed E-state index contributed by atoms with van der Waals surface area (Å²) in [7, 11) is 0. The zero-order chi connectivity index (χ0) is 15.6. The minimum absolute atomic E-state index is 0.275. The number of nitro groups is 1. The molecule has 6 nitrogen and oxygen atoms in total. The molecule has 1 aromatic carbocycles. The van der Waals surface area contributed by atoms with Crippen molar-refractivity contribution in [1.29, 1.82) is 0 Å². The van der Waals surface area contributed by atoms with Gasteiger partial charge in [0.2, 0.25) is 0 Å². The zero-order valence-electron chi connectivity index (χ0n) is 10.8. The second-order valence-corrected chi connectivity index (χ2v) is 4.95. The van der Waals surface area contributed by atoms with Gasteiger partial charge in [-0.25, -0.2) is 9.37 Å². The van der Waals surface area contributed by atoms with E-state index in [0.29, 0.717) is 22.1 Å². The highest BCUT2D eigenvalue weighted by Gasteiger charge is 2.17. The fraction of sp³-hybridized carbons (Fsp3) is 0.0769. The van der Waals surface area contributed by atoms with Crippen molar-refractivity contribution in [3.63, 3.8) is 0 Å². The number of nitrogens with one attached hydrogen (secondary N) is 1. The quantitative estimate of drug-likeness (QED) is 0.520. The molecule has 2 rings (SSSR count). The van der Waals surface area contributed by atoms with Crippen LogP contribution >= 0.6 is 15.9 Å². The summed E-state index contributed by atoms with van der Waals surface area (Å²) in [4.78, 5) is 25.9. The van der Waals surface area contributed by atoms with E-state index in [9.17, 15) is 19.3 Å². The SMILES string of the molecule is Cc1nc(Br)ccc1NC(=O)c1ccc([N+](=O)[O-])cc1F. The minimum Gasteiger partial charge on any atom is -0.320 e. The Morgan fingerprint density at radius 1 is 1.38 bits per heavy atom. The monoisotopic (exact) mass is 353 g/mol. The van der Waals surface area contributed by atoms with Crippen molar-refractivity contribution >= 4 is 33.2 Å². The Hall–Kier alpha value is -2.35. The maximum atomic E-state index is 13.7. The molecule has 0 unspecified atom stereocenters. The summed E-state index contributed by atoms with van der Waals surface area (Å²) in [5.41, 5.74) is 0.300. The lowest BCUT2D eigenvalue weighted by atomic mass is 10.1. The highest BCUT2D eigenvalue weighted by Crippen LogP contribution is 2.20. The van der Waals surface area contributed by atoms with Crippen molar-refractivity contribution in [2.45, 2.75) is 6.92 Å². The molecule has 0 aliphatic rings. The van der Waals surface area contributed by atoms with E-state index in [1.165, 1.54) is 0 Å². The van der Waals surface area contributed by atoms with Gasteiger partial charge in [0, 0.05) is 6.07 Å². The Labute approximate surface area is 127 Å². The van der Waals surface area contributed by atoms with Crippen LogP contribution in [0, 0.1) is 22.9 Å². The summed E-state index contributed by atoms with van der Waals surface area (Å²) in [5, 5.41) is 13.0. The molecule has 21 heavy (non-hydrogen) atoms. The first kappa shape index (κ1) is 15.0. The number of aromatic nitrogens is 1. The Morgan fingerprint density at radius 3 is 2.67 bits per heavy atom. The fourth-order valence-corrected chi connectivity index (χ4v) is 2.05. The standard InChI is InChI=1S/C13H9BrFN3O3/c1-7-11(4-5-12(14)16-7)17-13(19)9-3-2-8(18(20)21)6-10(9)15/h2-6H,1H3,(H,17,19). The van der Waals surface area contributed by atoms with Gasteiger partial charge in [-0.2, -0.15) is 0 Å². The van der Waals surface area contributed by atoms with Crippen molar-refractivity contribution < 1.29 is 14.1 Å². The van der Waals surface area contributed by atoms with Crippen molar-refractivity contribution in [2.75, 3.05) is 5.32 Å². The van der Waals surface area contributed by atoms with Gasteiger partial charge in [-0.1, -0.05) is 0 Å². The average Bonchev–Trinajstić information content (AvgIpc) is 2.41. The predicted molar refractivity (Wildman–Crippen MR) is 77.7 cm³/mol. The van der Waals surface area contributed by atoms with Crippen molar-refractivity contribution in [3.8, 4) is 0 Å². The number of rotatable bonds is 3. The van der Waals surface area contributed by atoms with E-state index in [1.807, 2.05) is 0 Å². The van der Waals surface area contributed by atoms with Gasteiger partial charge < -0.3 is 5.32 Å². The van der Waals surface area contributed by atoms with Crippen molar-refractivity contribution in [3.05, 3.63) is 62.1 Å². The highest BCUT2D eigenvalue weighted by atomic mass is 79.9. The lowest BCUT2D eigenvalue weighted by Gasteiger charge is -2.08. The topological polar surface area (TPSA) is 85.1 Å². The summed E-state index contributed by atoms with van der Waals surface area (Å²) >= 11 is 3.19. The largest absolute Gasteiger partial charge is 0.320 e. The van der Waals surface area contributed by atoms with Crippen LogP contribution in [0.4, 0.5) is 15.8 Å². The van der Waals surface area contributed by atoms with Crippen LogP contribution in [0.5, 0.6) is 0 Å². The number of pyridine rings is 1. The molecule has 2 aromatic rings. The summed E-state index contributed by atoms with van der Waals surface area (Å²) < 4.78 is 14.4. The molecule has 0 fully saturated rings. The number of anilines is 1.